The number of primary amides is 1. The molecule has 1 amide bonds. The average molecular weight is 170 g/mol. The Kier molecular flexibility index (Phi) is 2.73. The van der Waals surface area contributed by atoms with Gasteiger partial charge in [-0.15, -0.1) is 0 Å². The molecule has 70 valence electrons. The summed E-state index contributed by atoms with van der Waals surface area (Å²) >= 11 is 0. The minimum atomic E-state index is -0.213. The molecule has 1 fully saturated rings. The van der Waals surface area contributed by atoms with Crippen molar-refractivity contribution in [3.05, 3.63) is 0 Å². The minimum absolute atomic E-state index is 0.0330. The van der Waals surface area contributed by atoms with Crippen LogP contribution in [0.1, 0.15) is 32.6 Å². The fraction of sp³-hybridized carbons (Fsp3) is 0.889. The Morgan fingerprint density at radius 2 is 2.33 bits per heavy atom. The third-order valence-corrected chi connectivity index (χ3v) is 2.93. The molecule has 1 aliphatic rings. The molecule has 1 rings (SSSR count). The first kappa shape index (κ1) is 9.52. The quantitative estimate of drug-likeness (QED) is 0.652. The number of carbonyl (C=O) groups excluding carboxylic acids is 1. The molecule has 1 aliphatic carbocycles. The largest absolute Gasteiger partial charge is 0.370 e. The van der Waals surface area contributed by atoms with Crippen molar-refractivity contribution >= 4 is 5.91 Å². The molecular weight excluding hydrogens is 152 g/mol. The summed E-state index contributed by atoms with van der Waals surface area (Å²) in [5, 5.41) is 0. The van der Waals surface area contributed by atoms with Crippen molar-refractivity contribution in [1.82, 2.24) is 0 Å². The summed E-state index contributed by atoms with van der Waals surface area (Å²) in [6.07, 6.45) is 3.78. The van der Waals surface area contributed by atoms with Crippen LogP contribution in [0.4, 0.5) is 0 Å². The van der Waals surface area contributed by atoms with Crippen LogP contribution < -0.4 is 11.5 Å². The first-order valence-electron chi connectivity index (χ1n) is 4.56. The van der Waals surface area contributed by atoms with Crippen molar-refractivity contribution in [1.29, 1.82) is 0 Å². The van der Waals surface area contributed by atoms with Gasteiger partial charge in [0.15, 0.2) is 0 Å². The zero-order chi connectivity index (χ0) is 9.19. The lowest BCUT2D eigenvalue weighted by atomic mass is 9.82. The van der Waals surface area contributed by atoms with Crippen LogP contribution in [-0.2, 0) is 4.79 Å². The fourth-order valence-electron chi connectivity index (χ4n) is 2.28. The topological polar surface area (TPSA) is 69.1 Å². The van der Waals surface area contributed by atoms with Gasteiger partial charge in [0.2, 0.25) is 5.91 Å². The van der Waals surface area contributed by atoms with Crippen LogP contribution in [-0.4, -0.2) is 12.5 Å². The third kappa shape index (κ3) is 1.97. The van der Waals surface area contributed by atoms with E-state index in [1.54, 1.807) is 0 Å². The highest BCUT2D eigenvalue weighted by atomic mass is 16.1. The van der Waals surface area contributed by atoms with Gasteiger partial charge >= 0.3 is 0 Å². The number of carbonyl (C=O) groups is 1. The summed E-state index contributed by atoms with van der Waals surface area (Å²) in [6, 6.07) is 0. The van der Waals surface area contributed by atoms with Crippen molar-refractivity contribution in [3.8, 4) is 0 Å². The van der Waals surface area contributed by atoms with Crippen molar-refractivity contribution in [3.63, 3.8) is 0 Å². The average Bonchev–Trinajstić information content (AvgIpc) is 2.32. The highest BCUT2D eigenvalue weighted by Gasteiger charge is 2.37. The van der Waals surface area contributed by atoms with E-state index in [0.717, 1.165) is 12.8 Å². The first-order chi connectivity index (χ1) is 5.58. The summed E-state index contributed by atoms with van der Waals surface area (Å²) in [5.74, 6) is 0.488. The van der Waals surface area contributed by atoms with Gasteiger partial charge in [-0.05, 0) is 30.7 Å². The summed E-state index contributed by atoms with van der Waals surface area (Å²) in [5.41, 5.74) is 10.9. The molecule has 1 saturated carbocycles. The van der Waals surface area contributed by atoms with Crippen LogP contribution in [0, 0.1) is 11.3 Å². The molecule has 0 bridgehead atoms. The van der Waals surface area contributed by atoms with E-state index >= 15 is 0 Å². The number of hydrogen-bond acceptors (Lipinski definition) is 2. The first-order valence-corrected chi connectivity index (χ1v) is 4.56. The smallest absolute Gasteiger partial charge is 0.218 e. The van der Waals surface area contributed by atoms with E-state index < -0.39 is 0 Å². The van der Waals surface area contributed by atoms with E-state index in [1.807, 2.05) is 0 Å². The van der Waals surface area contributed by atoms with E-state index in [2.05, 4.69) is 6.92 Å². The normalized spacial score (nSPS) is 35.3. The summed E-state index contributed by atoms with van der Waals surface area (Å²) in [7, 11) is 0. The fourth-order valence-corrected chi connectivity index (χ4v) is 2.28. The Morgan fingerprint density at radius 3 is 2.67 bits per heavy atom. The highest BCUT2D eigenvalue weighted by molar-refractivity contribution is 5.74. The van der Waals surface area contributed by atoms with Crippen molar-refractivity contribution in [2.24, 2.45) is 22.8 Å². The predicted octanol–water partition coefficient (Wildman–Crippen LogP) is 0.627. The lowest BCUT2D eigenvalue weighted by Crippen LogP contribution is -2.32. The number of rotatable bonds is 3. The maximum absolute atomic E-state index is 10.8. The molecular formula is C9H18N2O. The molecule has 2 unspecified atom stereocenters. The monoisotopic (exact) mass is 170 g/mol. The van der Waals surface area contributed by atoms with Crippen LogP contribution in [0.15, 0.2) is 0 Å². The molecule has 0 radical (unpaired) electrons. The van der Waals surface area contributed by atoms with Gasteiger partial charge in [-0.1, -0.05) is 13.3 Å². The van der Waals surface area contributed by atoms with E-state index in [4.69, 9.17) is 11.5 Å². The SMILES string of the molecule is CC1CCC(CN)(CC(N)=O)C1. The second kappa shape index (κ2) is 3.44. The van der Waals surface area contributed by atoms with Gasteiger partial charge in [0.1, 0.15) is 0 Å². The standard InChI is InChI=1S/C9H18N2O/c1-7-2-3-9(4-7,6-10)5-8(11)12/h7H,2-6,10H2,1H3,(H2,11,12). The van der Waals surface area contributed by atoms with E-state index in [1.165, 1.54) is 6.42 Å². The van der Waals surface area contributed by atoms with Crippen molar-refractivity contribution < 1.29 is 4.79 Å². The maximum Gasteiger partial charge on any atom is 0.218 e. The Morgan fingerprint density at radius 1 is 1.67 bits per heavy atom. The van der Waals surface area contributed by atoms with Crippen LogP contribution in [0.25, 0.3) is 0 Å². The van der Waals surface area contributed by atoms with E-state index in [0.29, 0.717) is 18.9 Å². The Balaban J connectivity index is 2.58. The number of nitrogens with two attached hydrogens (primary N) is 2. The van der Waals surface area contributed by atoms with Gasteiger partial charge in [-0.3, -0.25) is 4.79 Å². The van der Waals surface area contributed by atoms with Gasteiger partial charge in [0.05, 0.1) is 0 Å². The molecule has 3 nitrogen and oxygen atoms in total. The molecule has 0 saturated heterocycles. The zero-order valence-corrected chi connectivity index (χ0v) is 7.68. The van der Waals surface area contributed by atoms with Crippen LogP contribution in [0.2, 0.25) is 0 Å². The molecule has 3 heteroatoms. The van der Waals surface area contributed by atoms with Crippen molar-refractivity contribution in [2.75, 3.05) is 6.54 Å². The maximum atomic E-state index is 10.8. The molecule has 0 aliphatic heterocycles. The van der Waals surface area contributed by atoms with Gasteiger partial charge in [0.25, 0.3) is 0 Å². The molecule has 0 heterocycles. The van der Waals surface area contributed by atoms with E-state index in [-0.39, 0.29) is 11.3 Å². The highest BCUT2D eigenvalue weighted by Crippen LogP contribution is 2.43. The van der Waals surface area contributed by atoms with Crippen LogP contribution >= 0.6 is 0 Å². The second-order valence-corrected chi connectivity index (χ2v) is 4.20. The van der Waals surface area contributed by atoms with Gasteiger partial charge < -0.3 is 11.5 Å². The molecule has 0 aromatic heterocycles. The Bertz CT molecular complexity index is 181. The Labute approximate surface area is 73.5 Å². The minimum Gasteiger partial charge on any atom is -0.370 e. The van der Waals surface area contributed by atoms with Gasteiger partial charge in [0, 0.05) is 6.42 Å². The molecule has 0 aromatic rings. The third-order valence-electron chi connectivity index (χ3n) is 2.93. The summed E-state index contributed by atoms with van der Waals surface area (Å²) < 4.78 is 0. The molecule has 0 aromatic carbocycles. The predicted molar refractivity (Wildman–Crippen MR) is 48.3 cm³/mol. The molecule has 0 spiro atoms. The second-order valence-electron chi connectivity index (χ2n) is 4.20. The van der Waals surface area contributed by atoms with Crippen LogP contribution in [0.3, 0.4) is 0 Å². The zero-order valence-electron chi connectivity index (χ0n) is 7.68. The Hall–Kier alpha value is -0.570. The van der Waals surface area contributed by atoms with Crippen LogP contribution in [0.5, 0.6) is 0 Å². The lowest BCUT2D eigenvalue weighted by molar-refractivity contribution is -0.120. The molecule has 2 atom stereocenters. The lowest BCUT2D eigenvalue weighted by Gasteiger charge is -2.25. The summed E-state index contributed by atoms with van der Waals surface area (Å²) in [4.78, 5) is 10.8. The molecule has 4 N–H and O–H groups in total. The molecule has 12 heavy (non-hydrogen) atoms. The summed E-state index contributed by atoms with van der Waals surface area (Å²) in [6.45, 7) is 2.80. The van der Waals surface area contributed by atoms with E-state index in [9.17, 15) is 4.79 Å². The van der Waals surface area contributed by atoms with Crippen molar-refractivity contribution in [2.45, 2.75) is 32.6 Å². The van der Waals surface area contributed by atoms with Gasteiger partial charge in [-0.25, -0.2) is 0 Å². The number of hydrogen-bond donors (Lipinski definition) is 2. The number of amides is 1. The van der Waals surface area contributed by atoms with Gasteiger partial charge in [-0.2, -0.15) is 0 Å².